The zero-order valence-corrected chi connectivity index (χ0v) is 9.97. The van der Waals surface area contributed by atoms with Gasteiger partial charge in [0.05, 0.1) is 5.56 Å². The Morgan fingerprint density at radius 1 is 1.22 bits per heavy atom. The molecule has 0 bridgehead atoms. The third-order valence-electron chi connectivity index (χ3n) is 2.63. The molecule has 1 aromatic carbocycles. The van der Waals surface area contributed by atoms with E-state index >= 15 is 0 Å². The quantitative estimate of drug-likeness (QED) is 0.770. The van der Waals surface area contributed by atoms with Crippen LogP contribution >= 0.6 is 0 Å². The first-order valence-electron chi connectivity index (χ1n) is 5.73. The number of benzene rings is 1. The van der Waals surface area contributed by atoms with E-state index in [2.05, 4.69) is 9.97 Å². The molecule has 1 heterocycles. The van der Waals surface area contributed by atoms with Gasteiger partial charge < -0.3 is 15.2 Å². The highest BCUT2D eigenvalue weighted by molar-refractivity contribution is 5.56. The van der Waals surface area contributed by atoms with Gasteiger partial charge in [-0.3, -0.25) is 4.79 Å². The van der Waals surface area contributed by atoms with Crippen LogP contribution in [-0.2, 0) is 6.42 Å². The molecule has 0 aliphatic heterocycles. The molecular formula is C13H14N2O3. The highest BCUT2D eigenvalue weighted by Crippen LogP contribution is 2.20. The standard InChI is InChI=1S/C13H14N2O3/c1-2-3-10-12(17)14-11(15-13(10)18)8-4-6-9(16)7-5-8/h4-7,16H,2-3H2,1H3,(H2,14,15,17,18). The Morgan fingerprint density at radius 3 is 2.44 bits per heavy atom. The van der Waals surface area contributed by atoms with Gasteiger partial charge in [0.25, 0.3) is 5.56 Å². The second kappa shape index (κ2) is 4.91. The maximum absolute atomic E-state index is 11.8. The second-order valence-electron chi connectivity index (χ2n) is 4.01. The summed E-state index contributed by atoms with van der Waals surface area (Å²) in [6, 6.07) is 6.22. The summed E-state index contributed by atoms with van der Waals surface area (Å²) in [5, 5.41) is 18.9. The van der Waals surface area contributed by atoms with E-state index in [0.29, 0.717) is 17.5 Å². The first kappa shape index (κ1) is 12.2. The zero-order chi connectivity index (χ0) is 13.1. The Balaban J connectivity index is 2.48. The lowest BCUT2D eigenvalue weighted by atomic mass is 10.1. The molecule has 5 heteroatoms. The molecule has 0 radical (unpaired) electrons. The van der Waals surface area contributed by atoms with E-state index in [-0.39, 0.29) is 23.0 Å². The van der Waals surface area contributed by atoms with Crippen LogP contribution in [0.15, 0.2) is 29.1 Å². The molecule has 0 atom stereocenters. The topological polar surface area (TPSA) is 86.2 Å². The number of hydrogen-bond acceptors (Lipinski definition) is 4. The Bertz CT molecular complexity index is 603. The van der Waals surface area contributed by atoms with E-state index in [9.17, 15) is 15.0 Å². The second-order valence-corrected chi connectivity index (χ2v) is 4.01. The van der Waals surface area contributed by atoms with Gasteiger partial charge in [0.2, 0.25) is 5.88 Å². The first-order valence-corrected chi connectivity index (χ1v) is 5.73. The number of nitrogens with one attached hydrogen (secondary N) is 1. The van der Waals surface area contributed by atoms with Crippen LogP contribution in [0.4, 0.5) is 0 Å². The van der Waals surface area contributed by atoms with Crippen molar-refractivity contribution >= 4 is 0 Å². The number of aromatic nitrogens is 2. The highest BCUT2D eigenvalue weighted by atomic mass is 16.3. The van der Waals surface area contributed by atoms with E-state index in [4.69, 9.17) is 0 Å². The highest BCUT2D eigenvalue weighted by Gasteiger charge is 2.10. The molecular weight excluding hydrogens is 232 g/mol. The zero-order valence-electron chi connectivity index (χ0n) is 9.97. The molecule has 0 aliphatic carbocycles. The number of phenolic OH excluding ortho intramolecular Hbond substituents is 1. The van der Waals surface area contributed by atoms with Gasteiger partial charge in [0.15, 0.2) is 0 Å². The lowest BCUT2D eigenvalue weighted by Crippen LogP contribution is -2.15. The molecule has 5 nitrogen and oxygen atoms in total. The largest absolute Gasteiger partial charge is 0.508 e. The van der Waals surface area contributed by atoms with Gasteiger partial charge in [0.1, 0.15) is 11.6 Å². The number of rotatable bonds is 3. The maximum atomic E-state index is 11.8. The third-order valence-corrected chi connectivity index (χ3v) is 2.63. The summed E-state index contributed by atoms with van der Waals surface area (Å²) < 4.78 is 0. The van der Waals surface area contributed by atoms with Crippen LogP contribution in [-0.4, -0.2) is 20.2 Å². The van der Waals surface area contributed by atoms with Crippen LogP contribution in [0.3, 0.4) is 0 Å². The number of aromatic amines is 1. The van der Waals surface area contributed by atoms with Gasteiger partial charge in [0, 0.05) is 5.56 Å². The molecule has 3 N–H and O–H groups in total. The van der Waals surface area contributed by atoms with Gasteiger partial charge in [-0.25, -0.2) is 0 Å². The molecule has 0 unspecified atom stereocenters. The van der Waals surface area contributed by atoms with E-state index in [1.807, 2.05) is 6.92 Å². The van der Waals surface area contributed by atoms with Gasteiger partial charge >= 0.3 is 0 Å². The lowest BCUT2D eigenvalue weighted by Gasteiger charge is -2.05. The molecule has 0 spiro atoms. The average Bonchev–Trinajstić information content (AvgIpc) is 2.34. The summed E-state index contributed by atoms with van der Waals surface area (Å²) >= 11 is 0. The Hall–Kier alpha value is -2.30. The minimum Gasteiger partial charge on any atom is -0.508 e. The summed E-state index contributed by atoms with van der Waals surface area (Å²) in [5.41, 5.74) is 0.607. The fourth-order valence-corrected chi connectivity index (χ4v) is 1.72. The lowest BCUT2D eigenvalue weighted by molar-refractivity contribution is 0.443. The first-order chi connectivity index (χ1) is 8.61. The van der Waals surface area contributed by atoms with E-state index in [1.54, 1.807) is 12.1 Å². The Labute approximate surface area is 104 Å². The maximum Gasteiger partial charge on any atom is 0.258 e. The summed E-state index contributed by atoms with van der Waals surface area (Å²) in [5.74, 6) is 0.189. The number of aromatic hydroxyl groups is 2. The predicted octanol–water partition coefficient (Wildman–Crippen LogP) is 1.80. The number of H-pyrrole nitrogens is 1. The fourth-order valence-electron chi connectivity index (χ4n) is 1.72. The van der Waals surface area contributed by atoms with Crippen LogP contribution < -0.4 is 5.56 Å². The van der Waals surface area contributed by atoms with Gasteiger partial charge in [-0.2, -0.15) is 4.98 Å². The van der Waals surface area contributed by atoms with Crippen molar-refractivity contribution in [2.75, 3.05) is 0 Å². The molecule has 0 saturated carbocycles. The normalized spacial score (nSPS) is 10.5. The molecule has 0 amide bonds. The van der Waals surface area contributed by atoms with E-state index in [0.717, 1.165) is 6.42 Å². The van der Waals surface area contributed by atoms with E-state index < -0.39 is 0 Å². The molecule has 1 aromatic heterocycles. The average molecular weight is 246 g/mol. The van der Waals surface area contributed by atoms with Crippen LogP contribution in [0.2, 0.25) is 0 Å². The van der Waals surface area contributed by atoms with Crippen molar-refractivity contribution in [1.82, 2.24) is 9.97 Å². The van der Waals surface area contributed by atoms with Crippen LogP contribution in [0.5, 0.6) is 11.6 Å². The van der Waals surface area contributed by atoms with Crippen LogP contribution in [0, 0.1) is 0 Å². The molecule has 0 aliphatic rings. The molecule has 0 saturated heterocycles. The van der Waals surface area contributed by atoms with Crippen LogP contribution in [0.25, 0.3) is 11.4 Å². The van der Waals surface area contributed by atoms with Gasteiger partial charge in [-0.15, -0.1) is 0 Å². The summed E-state index contributed by atoms with van der Waals surface area (Å²) in [6.45, 7) is 1.92. The third kappa shape index (κ3) is 2.34. The van der Waals surface area contributed by atoms with E-state index in [1.165, 1.54) is 12.1 Å². The molecule has 0 fully saturated rings. The smallest absolute Gasteiger partial charge is 0.258 e. The van der Waals surface area contributed by atoms with Crippen molar-refractivity contribution in [2.24, 2.45) is 0 Å². The van der Waals surface area contributed by atoms with Crippen molar-refractivity contribution < 1.29 is 10.2 Å². The van der Waals surface area contributed by atoms with Crippen molar-refractivity contribution in [3.8, 4) is 23.0 Å². The Morgan fingerprint density at radius 2 is 1.89 bits per heavy atom. The van der Waals surface area contributed by atoms with Crippen molar-refractivity contribution in [3.63, 3.8) is 0 Å². The summed E-state index contributed by atoms with van der Waals surface area (Å²) in [6.07, 6.45) is 1.25. The summed E-state index contributed by atoms with van der Waals surface area (Å²) in [4.78, 5) is 18.4. The summed E-state index contributed by atoms with van der Waals surface area (Å²) in [7, 11) is 0. The predicted molar refractivity (Wildman–Crippen MR) is 67.6 cm³/mol. The SMILES string of the molecule is CCCc1c(O)nc(-c2ccc(O)cc2)[nH]c1=O. The molecule has 2 aromatic rings. The number of phenols is 1. The van der Waals surface area contributed by atoms with Crippen molar-refractivity contribution in [2.45, 2.75) is 19.8 Å². The van der Waals surface area contributed by atoms with Crippen molar-refractivity contribution in [3.05, 3.63) is 40.2 Å². The van der Waals surface area contributed by atoms with Crippen molar-refractivity contribution in [1.29, 1.82) is 0 Å². The Kier molecular flexibility index (Phi) is 3.32. The molecule has 18 heavy (non-hydrogen) atoms. The minimum atomic E-state index is -0.326. The monoisotopic (exact) mass is 246 g/mol. The number of nitrogens with zero attached hydrogens (tertiary/aromatic N) is 1. The minimum absolute atomic E-state index is 0.132. The number of hydrogen-bond donors (Lipinski definition) is 3. The van der Waals surface area contributed by atoms with Crippen LogP contribution in [0.1, 0.15) is 18.9 Å². The van der Waals surface area contributed by atoms with Gasteiger partial charge in [-0.1, -0.05) is 13.3 Å². The molecule has 94 valence electrons. The van der Waals surface area contributed by atoms with Gasteiger partial charge in [-0.05, 0) is 30.7 Å². The fraction of sp³-hybridized carbons (Fsp3) is 0.231. The molecule has 2 rings (SSSR count).